The summed E-state index contributed by atoms with van der Waals surface area (Å²) in [5.41, 5.74) is 3.52. The summed E-state index contributed by atoms with van der Waals surface area (Å²) in [6, 6.07) is 10.1. The van der Waals surface area contributed by atoms with Crippen LogP contribution in [0.5, 0.6) is 0 Å². The molecule has 1 aromatic carbocycles. The Hall–Kier alpha value is -2.41. The lowest BCUT2D eigenvalue weighted by atomic mass is 9.84. The number of nitrogens with zero attached hydrogens (tertiary/aromatic N) is 3. The quantitative estimate of drug-likeness (QED) is 0.481. The normalized spacial score (nSPS) is 14.9. The summed E-state index contributed by atoms with van der Waals surface area (Å²) in [6.45, 7) is 4.57. The largest absolute Gasteiger partial charge is 0.462 e. The van der Waals surface area contributed by atoms with Gasteiger partial charge in [0.15, 0.2) is 5.65 Å². The fraction of sp³-hybridized carbons (Fsp3) is 0.435. The molecule has 2 heterocycles. The number of hydrogen-bond donors (Lipinski definition) is 0. The minimum absolute atomic E-state index is 0.251. The lowest BCUT2D eigenvalue weighted by Gasteiger charge is -2.22. The summed E-state index contributed by atoms with van der Waals surface area (Å²) in [7, 11) is 0. The van der Waals surface area contributed by atoms with E-state index in [4.69, 9.17) is 4.74 Å². The number of ether oxygens (including phenoxy) is 1. The van der Waals surface area contributed by atoms with Crippen LogP contribution >= 0.6 is 15.9 Å². The summed E-state index contributed by atoms with van der Waals surface area (Å²) in [6.07, 6.45) is 6.42. The van der Waals surface area contributed by atoms with E-state index >= 15 is 0 Å². The number of esters is 1. The van der Waals surface area contributed by atoms with E-state index in [-0.39, 0.29) is 17.7 Å². The Kier molecular flexibility index (Phi) is 6.09. The maximum Gasteiger partial charge on any atom is 0.344 e. The number of aromatic nitrogens is 3. The van der Waals surface area contributed by atoms with Crippen LogP contribution in [0, 0.1) is 0 Å². The van der Waals surface area contributed by atoms with Crippen LogP contribution in [-0.4, -0.2) is 26.8 Å². The molecule has 0 saturated heterocycles. The van der Waals surface area contributed by atoms with Gasteiger partial charge in [-0.05, 0) is 59.7 Å². The van der Waals surface area contributed by atoms with Gasteiger partial charge in [0, 0.05) is 12.6 Å². The van der Waals surface area contributed by atoms with Gasteiger partial charge in [-0.25, -0.2) is 4.79 Å². The fourth-order valence-electron chi connectivity index (χ4n) is 4.46. The second-order valence-electron chi connectivity index (χ2n) is 7.69. The predicted molar refractivity (Wildman–Crippen MR) is 120 cm³/mol. The average Bonchev–Trinajstić information content (AvgIpc) is 3.12. The van der Waals surface area contributed by atoms with E-state index in [0.29, 0.717) is 22.7 Å². The van der Waals surface area contributed by atoms with Crippen molar-refractivity contribution >= 4 is 27.5 Å². The summed E-state index contributed by atoms with van der Waals surface area (Å²) >= 11 is 3.33. The van der Waals surface area contributed by atoms with Gasteiger partial charge in [0.05, 0.1) is 12.3 Å². The third-order valence-electron chi connectivity index (χ3n) is 5.91. The van der Waals surface area contributed by atoms with Crippen molar-refractivity contribution in [2.75, 3.05) is 6.61 Å². The molecule has 30 heavy (non-hydrogen) atoms. The Morgan fingerprint density at radius 1 is 1.17 bits per heavy atom. The van der Waals surface area contributed by atoms with Gasteiger partial charge in [-0.3, -0.25) is 4.79 Å². The molecule has 0 bridgehead atoms. The molecular weight excluding hydrogens is 446 g/mol. The topological polar surface area (TPSA) is 65.6 Å². The standard InChI is InChI=1S/C23H26BrN3O3/c1-3-26-18(17-12-10-16(11-13-17)15-8-6-5-7-9-15)14-19(28)27-22(26)20(21(24)25-27)23(29)30-4-2/h10-15H,3-9H2,1-2H3. The van der Waals surface area contributed by atoms with E-state index < -0.39 is 5.97 Å². The van der Waals surface area contributed by atoms with Gasteiger partial charge in [0.1, 0.15) is 10.2 Å². The van der Waals surface area contributed by atoms with Crippen LogP contribution in [0.3, 0.4) is 0 Å². The van der Waals surface area contributed by atoms with Crippen molar-refractivity contribution in [3.8, 4) is 11.3 Å². The van der Waals surface area contributed by atoms with Crippen LogP contribution in [0.25, 0.3) is 16.9 Å². The number of carbonyl (C=O) groups is 1. The first kappa shape index (κ1) is 20.8. The summed E-state index contributed by atoms with van der Waals surface area (Å²) in [5, 5.41) is 4.23. The lowest BCUT2D eigenvalue weighted by Crippen LogP contribution is -2.20. The van der Waals surface area contributed by atoms with Gasteiger partial charge in [-0.2, -0.15) is 9.61 Å². The maximum atomic E-state index is 12.8. The number of fused-ring (bicyclic) bond motifs is 1. The van der Waals surface area contributed by atoms with E-state index in [2.05, 4.69) is 45.3 Å². The van der Waals surface area contributed by atoms with Gasteiger partial charge < -0.3 is 9.30 Å². The van der Waals surface area contributed by atoms with Crippen molar-refractivity contribution < 1.29 is 9.53 Å². The summed E-state index contributed by atoms with van der Waals surface area (Å²) in [5.74, 6) is 0.135. The van der Waals surface area contributed by atoms with Crippen molar-refractivity contribution in [1.82, 2.24) is 14.2 Å². The molecular formula is C23H26BrN3O3. The minimum Gasteiger partial charge on any atom is -0.462 e. The number of carbonyl (C=O) groups excluding carboxylic acids is 1. The molecule has 4 rings (SSSR count). The molecule has 1 fully saturated rings. The van der Waals surface area contributed by atoms with Crippen molar-refractivity contribution in [1.29, 1.82) is 0 Å². The van der Waals surface area contributed by atoms with Crippen molar-refractivity contribution in [3.63, 3.8) is 0 Å². The van der Waals surface area contributed by atoms with Crippen LogP contribution < -0.4 is 5.56 Å². The predicted octanol–water partition coefficient (Wildman–Crippen LogP) is 5.17. The van der Waals surface area contributed by atoms with Crippen LogP contribution in [-0.2, 0) is 11.3 Å². The molecule has 1 aliphatic rings. The Bertz CT molecular complexity index is 1130. The number of hydrogen-bond acceptors (Lipinski definition) is 4. The van der Waals surface area contributed by atoms with Gasteiger partial charge in [-0.15, -0.1) is 0 Å². The highest BCUT2D eigenvalue weighted by Gasteiger charge is 2.25. The molecule has 0 aliphatic heterocycles. The summed E-state index contributed by atoms with van der Waals surface area (Å²) in [4.78, 5) is 25.4. The molecule has 1 aliphatic carbocycles. The lowest BCUT2D eigenvalue weighted by molar-refractivity contribution is 0.0527. The number of aryl methyl sites for hydroxylation is 1. The van der Waals surface area contributed by atoms with Crippen LogP contribution in [0.1, 0.15) is 67.8 Å². The molecule has 0 unspecified atom stereocenters. The second kappa shape index (κ2) is 8.76. The molecule has 2 aromatic heterocycles. The third kappa shape index (κ3) is 3.71. The maximum absolute atomic E-state index is 12.8. The molecule has 7 heteroatoms. The first-order valence-electron chi connectivity index (χ1n) is 10.6. The molecule has 3 aromatic rings. The zero-order valence-electron chi connectivity index (χ0n) is 17.4. The van der Waals surface area contributed by atoms with E-state index in [1.165, 1.54) is 42.2 Å². The zero-order chi connectivity index (χ0) is 21.3. The Morgan fingerprint density at radius 3 is 2.50 bits per heavy atom. The monoisotopic (exact) mass is 471 g/mol. The molecule has 1 saturated carbocycles. The van der Waals surface area contributed by atoms with Crippen LogP contribution in [0.4, 0.5) is 0 Å². The Balaban J connectivity index is 1.84. The van der Waals surface area contributed by atoms with Crippen molar-refractivity contribution in [2.45, 2.75) is 58.4 Å². The fourth-order valence-corrected chi connectivity index (χ4v) is 4.95. The van der Waals surface area contributed by atoms with E-state index in [0.717, 1.165) is 11.3 Å². The number of halogens is 1. The molecule has 158 valence electrons. The zero-order valence-corrected chi connectivity index (χ0v) is 18.9. The van der Waals surface area contributed by atoms with Crippen molar-refractivity contribution in [2.24, 2.45) is 0 Å². The molecule has 0 N–H and O–H groups in total. The van der Waals surface area contributed by atoms with Gasteiger partial charge >= 0.3 is 5.97 Å². The highest BCUT2D eigenvalue weighted by atomic mass is 79.9. The van der Waals surface area contributed by atoms with E-state index in [1.54, 1.807) is 13.0 Å². The third-order valence-corrected chi connectivity index (χ3v) is 6.47. The minimum atomic E-state index is -0.495. The Labute approximate surface area is 184 Å². The SMILES string of the molecule is CCOC(=O)c1c(Br)nn2c(=O)cc(-c3ccc(C4CCCCC4)cc3)n(CC)c12. The first-order chi connectivity index (χ1) is 14.5. The van der Waals surface area contributed by atoms with Gasteiger partial charge in [0.2, 0.25) is 0 Å². The first-order valence-corrected chi connectivity index (χ1v) is 11.4. The second-order valence-corrected chi connectivity index (χ2v) is 8.44. The van der Waals surface area contributed by atoms with Gasteiger partial charge in [-0.1, -0.05) is 43.5 Å². The average molecular weight is 472 g/mol. The van der Waals surface area contributed by atoms with Crippen LogP contribution in [0.2, 0.25) is 0 Å². The number of rotatable bonds is 5. The molecule has 0 radical (unpaired) electrons. The smallest absolute Gasteiger partial charge is 0.344 e. The van der Waals surface area contributed by atoms with Crippen molar-refractivity contribution in [3.05, 3.63) is 56.4 Å². The molecule has 6 nitrogen and oxygen atoms in total. The molecule has 0 amide bonds. The van der Waals surface area contributed by atoms with Gasteiger partial charge in [0.25, 0.3) is 5.56 Å². The Morgan fingerprint density at radius 2 is 1.87 bits per heavy atom. The molecule has 0 spiro atoms. The van der Waals surface area contributed by atoms with E-state index in [1.807, 2.05) is 11.5 Å². The van der Waals surface area contributed by atoms with E-state index in [9.17, 15) is 9.59 Å². The highest BCUT2D eigenvalue weighted by molar-refractivity contribution is 9.10. The number of benzene rings is 1. The highest BCUT2D eigenvalue weighted by Crippen LogP contribution is 2.34. The van der Waals surface area contributed by atoms with Crippen LogP contribution in [0.15, 0.2) is 39.7 Å². The molecule has 0 atom stereocenters. The summed E-state index contributed by atoms with van der Waals surface area (Å²) < 4.78 is 8.72.